The van der Waals surface area contributed by atoms with Crippen LogP contribution in [0.4, 0.5) is 5.13 Å². The quantitative estimate of drug-likeness (QED) is 0.563. The van der Waals surface area contributed by atoms with Crippen molar-refractivity contribution in [1.29, 1.82) is 0 Å². The van der Waals surface area contributed by atoms with E-state index in [-0.39, 0.29) is 6.04 Å². The Morgan fingerprint density at radius 3 is 2.77 bits per heavy atom. The number of anilines is 1. The second-order valence-corrected chi connectivity index (χ2v) is 7.54. The fraction of sp³-hybridized carbons (Fsp3) is 0.188. The van der Waals surface area contributed by atoms with Gasteiger partial charge < -0.3 is 10.5 Å². The second-order valence-electron chi connectivity index (χ2n) is 5.47. The Hall–Kier alpha value is -2.85. The molecule has 8 nitrogen and oxygen atoms in total. The predicted octanol–water partition coefficient (Wildman–Crippen LogP) is 3.12. The molecule has 4 aromatic rings. The number of nitrogens with zero attached hydrogens (tertiary/aromatic N) is 6. The van der Waals surface area contributed by atoms with E-state index in [1.165, 1.54) is 11.3 Å². The van der Waals surface area contributed by atoms with Gasteiger partial charge in [-0.25, -0.2) is 9.67 Å². The standard InChI is InChI=1S/C16H15N7OS2/c1-9(14-20-21-16(17)26-14)23-8-11(19-22-23)13-7-18-15(25-13)10-5-3-4-6-12(10)24-2/h3-9H,1-2H3,(H2,17,21). The summed E-state index contributed by atoms with van der Waals surface area (Å²) in [5.41, 5.74) is 7.37. The summed E-state index contributed by atoms with van der Waals surface area (Å²) in [6.07, 6.45) is 3.68. The van der Waals surface area contributed by atoms with Crippen LogP contribution in [0.1, 0.15) is 18.0 Å². The van der Waals surface area contributed by atoms with Crippen LogP contribution in [-0.4, -0.2) is 37.3 Å². The van der Waals surface area contributed by atoms with E-state index < -0.39 is 0 Å². The number of nitrogen functional groups attached to an aromatic ring is 1. The summed E-state index contributed by atoms with van der Waals surface area (Å²) >= 11 is 2.89. The lowest BCUT2D eigenvalue weighted by atomic mass is 10.2. The molecule has 3 aromatic heterocycles. The van der Waals surface area contributed by atoms with E-state index in [1.54, 1.807) is 29.3 Å². The third kappa shape index (κ3) is 3.04. The molecule has 1 aromatic carbocycles. The molecule has 132 valence electrons. The van der Waals surface area contributed by atoms with Gasteiger partial charge in [0, 0.05) is 6.20 Å². The zero-order chi connectivity index (χ0) is 18.1. The molecule has 0 aliphatic rings. The first-order valence-electron chi connectivity index (χ1n) is 7.76. The number of hydrogen-bond donors (Lipinski definition) is 1. The first-order valence-corrected chi connectivity index (χ1v) is 9.39. The smallest absolute Gasteiger partial charge is 0.203 e. The van der Waals surface area contributed by atoms with E-state index in [9.17, 15) is 0 Å². The van der Waals surface area contributed by atoms with Crippen LogP contribution in [-0.2, 0) is 0 Å². The summed E-state index contributed by atoms with van der Waals surface area (Å²) in [6.45, 7) is 1.98. The van der Waals surface area contributed by atoms with Crippen LogP contribution in [0.3, 0.4) is 0 Å². The Kier molecular flexibility index (Phi) is 4.35. The Labute approximate surface area is 157 Å². The average Bonchev–Trinajstić information content (AvgIpc) is 3.41. The van der Waals surface area contributed by atoms with Gasteiger partial charge in [0.1, 0.15) is 27.5 Å². The first-order chi connectivity index (χ1) is 12.7. The lowest BCUT2D eigenvalue weighted by Gasteiger charge is -2.05. The number of thiazole rings is 1. The minimum Gasteiger partial charge on any atom is -0.496 e. The largest absolute Gasteiger partial charge is 0.496 e. The number of benzene rings is 1. The molecule has 2 N–H and O–H groups in total. The summed E-state index contributed by atoms with van der Waals surface area (Å²) < 4.78 is 7.16. The summed E-state index contributed by atoms with van der Waals surface area (Å²) in [4.78, 5) is 5.44. The highest BCUT2D eigenvalue weighted by atomic mass is 32.1. The molecule has 1 atom stereocenters. The molecule has 0 bridgehead atoms. The maximum absolute atomic E-state index is 5.66. The number of methoxy groups -OCH3 is 1. The lowest BCUT2D eigenvalue weighted by Crippen LogP contribution is -2.07. The number of aromatic nitrogens is 6. The Morgan fingerprint density at radius 1 is 1.15 bits per heavy atom. The molecule has 0 saturated carbocycles. The van der Waals surface area contributed by atoms with Gasteiger partial charge in [0.15, 0.2) is 0 Å². The van der Waals surface area contributed by atoms with E-state index in [0.29, 0.717) is 5.13 Å². The molecular weight excluding hydrogens is 370 g/mol. The maximum Gasteiger partial charge on any atom is 0.203 e. The van der Waals surface area contributed by atoms with Crippen molar-refractivity contribution in [3.05, 3.63) is 41.7 Å². The van der Waals surface area contributed by atoms with E-state index in [0.717, 1.165) is 31.9 Å². The highest BCUT2D eigenvalue weighted by Crippen LogP contribution is 2.36. The van der Waals surface area contributed by atoms with Gasteiger partial charge in [-0.15, -0.1) is 26.6 Å². The monoisotopic (exact) mass is 385 g/mol. The topological polar surface area (TPSA) is 105 Å². The van der Waals surface area contributed by atoms with Crippen LogP contribution in [0.5, 0.6) is 5.75 Å². The van der Waals surface area contributed by atoms with E-state index >= 15 is 0 Å². The van der Waals surface area contributed by atoms with Crippen LogP contribution < -0.4 is 10.5 Å². The Bertz CT molecular complexity index is 1040. The van der Waals surface area contributed by atoms with E-state index in [2.05, 4.69) is 25.5 Å². The third-order valence-electron chi connectivity index (χ3n) is 3.82. The zero-order valence-electron chi connectivity index (χ0n) is 14.0. The van der Waals surface area contributed by atoms with Crippen LogP contribution in [0.2, 0.25) is 0 Å². The van der Waals surface area contributed by atoms with Gasteiger partial charge in [0.2, 0.25) is 5.13 Å². The van der Waals surface area contributed by atoms with Crippen molar-refractivity contribution >= 4 is 27.8 Å². The zero-order valence-corrected chi connectivity index (χ0v) is 15.7. The highest BCUT2D eigenvalue weighted by Gasteiger charge is 2.17. The number of rotatable bonds is 5. The molecule has 0 fully saturated rings. The van der Waals surface area contributed by atoms with Crippen LogP contribution >= 0.6 is 22.7 Å². The van der Waals surface area contributed by atoms with Gasteiger partial charge >= 0.3 is 0 Å². The molecule has 4 rings (SSSR count). The maximum atomic E-state index is 5.66. The van der Waals surface area contributed by atoms with Gasteiger partial charge in [-0.05, 0) is 19.1 Å². The molecule has 1 unspecified atom stereocenters. The minimum atomic E-state index is -0.0901. The van der Waals surface area contributed by atoms with Gasteiger partial charge in [0.25, 0.3) is 0 Å². The number of hydrogen-bond acceptors (Lipinski definition) is 9. The average molecular weight is 385 g/mol. The van der Waals surface area contributed by atoms with Crippen molar-refractivity contribution < 1.29 is 4.74 Å². The SMILES string of the molecule is COc1ccccc1-c1ncc(-c2cn(C(C)c3nnc(N)s3)nn2)s1. The second kappa shape index (κ2) is 6.81. The van der Waals surface area contributed by atoms with Gasteiger partial charge in [-0.3, -0.25) is 0 Å². The first kappa shape index (κ1) is 16.6. The van der Waals surface area contributed by atoms with Crippen molar-refractivity contribution in [1.82, 2.24) is 30.2 Å². The van der Waals surface area contributed by atoms with Crippen LogP contribution in [0, 0.1) is 0 Å². The Balaban J connectivity index is 1.62. The van der Waals surface area contributed by atoms with Crippen molar-refractivity contribution in [3.8, 4) is 26.9 Å². The molecule has 26 heavy (non-hydrogen) atoms. The molecule has 10 heteroatoms. The molecule has 0 aliphatic heterocycles. The highest BCUT2D eigenvalue weighted by molar-refractivity contribution is 7.18. The fourth-order valence-electron chi connectivity index (χ4n) is 2.45. The Morgan fingerprint density at radius 2 is 2.00 bits per heavy atom. The van der Waals surface area contributed by atoms with Crippen LogP contribution in [0.15, 0.2) is 36.7 Å². The van der Waals surface area contributed by atoms with Crippen molar-refractivity contribution in [2.45, 2.75) is 13.0 Å². The number of para-hydroxylation sites is 1. The molecule has 0 saturated heterocycles. The third-order valence-corrected chi connectivity index (χ3v) is 5.79. The predicted molar refractivity (Wildman–Crippen MR) is 101 cm³/mol. The van der Waals surface area contributed by atoms with E-state index in [4.69, 9.17) is 10.5 Å². The summed E-state index contributed by atoms with van der Waals surface area (Å²) in [6, 6.07) is 7.71. The molecule has 0 amide bonds. The summed E-state index contributed by atoms with van der Waals surface area (Å²) in [7, 11) is 1.65. The minimum absolute atomic E-state index is 0.0901. The lowest BCUT2D eigenvalue weighted by molar-refractivity contribution is 0.416. The molecule has 3 heterocycles. The number of nitrogens with two attached hydrogens (primary N) is 1. The van der Waals surface area contributed by atoms with Gasteiger partial charge in [-0.2, -0.15) is 0 Å². The molecular formula is C16H15N7OS2. The molecule has 0 spiro atoms. The fourth-order valence-corrected chi connectivity index (χ4v) is 4.00. The van der Waals surface area contributed by atoms with E-state index in [1.807, 2.05) is 37.4 Å². The van der Waals surface area contributed by atoms with Gasteiger partial charge in [0.05, 0.1) is 23.7 Å². The summed E-state index contributed by atoms with van der Waals surface area (Å²) in [5, 5.41) is 18.5. The molecule has 0 aliphatic carbocycles. The molecule has 0 radical (unpaired) electrons. The van der Waals surface area contributed by atoms with Crippen molar-refractivity contribution in [2.24, 2.45) is 0 Å². The number of ether oxygens (including phenoxy) is 1. The van der Waals surface area contributed by atoms with Crippen molar-refractivity contribution in [2.75, 3.05) is 12.8 Å². The van der Waals surface area contributed by atoms with Crippen LogP contribution in [0.25, 0.3) is 21.1 Å². The van der Waals surface area contributed by atoms with Gasteiger partial charge in [-0.1, -0.05) is 28.7 Å². The summed E-state index contributed by atoms with van der Waals surface area (Å²) in [5.74, 6) is 0.791. The normalized spacial score (nSPS) is 12.2. The van der Waals surface area contributed by atoms with Crippen molar-refractivity contribution in [3.63, 3.8) is 0 Å².